The number of nitrogens with zero attached hydrogens (tertiary/aromatic N) is 4. The second-order valence-electron chi connectivity index (χ2n) is 3.52. The van der Waals surface area contributed by atoms with Crippen molar-refractivity contribution in [1.82, 2.24) is 20.6 Å². The molecular weight excluding hydrogens is 276 g/mol. The molecule has 0 amide bonds. The van der Waals surface area contributed by atoms with Gasteiger partial charge in [0.05, 0.1) is 12.9 Å². The lowest BCUT2D eigenvalue weighted by atomic mass is 10.2. The van der Waals surface area contributed by atoms with Crippen LogP contribution in [0.15, 0.2) is 4.40 Å². The average molecular weight is 290 g/mol. The molecule has 10 nitrogen and oxygen atoms in total. The highest BCUT2D eigenvalue weighted by atomic mass is 32.2. The van der Waals surface area contributed by atoms with Gasteiger partial charge in [-0.25, -0.2) is 8.42 Å². The first-order valence-electron chi connectivity index (χ1n) is 5.27. The molecule has 106 valence electrons. The highest BCUT2D eigenvalue weighted by Crippen LogP contribution is 1.98. The molecule has 1 rings (SSSR count). The topological polar surface area (TPSA) is 153 Å². The van der Waals surface area contributed by atoms with Gasteiger partial charge >= 0.3 is 5.97 Å². The SMILES string of the molecule is COC(=O)[C@@H](N)CC=NS(=O)(=O)CCc1nn[nH]n1. The van der Waals surface area contributed by atoms with Crippen molar-refractivity contribution < 1.29 is 17.9 Å². The van der Waals surface area contributed by atoms with Crippen LogP contribution in [0.25, 0.3) is 0 Å². The molecule has 0 aromatic carbocycles. The van der Waals surface area contributed by atoms with E-state index in [-0.39, 0.29) is 24.4 Å². The summed E-state index contributed by atoms with van der Waals surface area (Å²) in [5.74, 6) is -0.600. The number of aromatic nitrogens is 4. The Morgan fingerprint density at radius 3 is 2.95 bits per heavy atom. The van der Waals surface area contributed by atoms with Gasteiger partial charge in [0.2, 0.25) is 0 Å². The van der Waals surface area contributed by atoms with Crippen LogP contribution in [0.2, 0.25) is 0 Å². The molecule has 0 saturated carbocycles. The minimum absolute atomic E-state index is 0.0197. The number of esters is 1. The molecule has 3 N–H and O–H groups in total. The molecule has 19 heavy (non-hydrogen) atoms. The molecule has 0 saturated heterocycles. The zero-order chi connectivity index (χ0) is 14.3. The third-order valence-corrected chi connectivity index (χ3v) is 3.26. The number of tetrazole rings is 1. The van der Waals surface area contributed by atoms with E-state index in [1.165, 1.54) is 7.11 Å². The fourth-order valence-corrected chi connectivity index (χ4v) is 1.94. The molecule has 11 heteroatoms. The number of aryl methyl sites for hydroxylation is 1. The maximum Gasteiger partial charge on any atom is 0.323 e. The Labute approximate surface area is 109 Å². The van der Waals surface area contributed by atoms with Crippen molar-refractivity contribution in [1.29, 1.82) is 0 Å². The smallest absolute Gasteiger partial charge is 0.323 e. The van der Waals surface area contributed by atoms with E-state index in [4.69, 9.17) is 5.73 Å². The van der Waals surface area contributed by atoms with E-state index >= 15 is 0 Å². The van der Waals surface area contributed by atoms with Gasteiger partial charge in [-0.05, 0) is 0 Å². The lowest BCUT2D eigenvalue weighted by molar-refractivity contribution is -0.141. The van der Waals surface area contributed by atoms with Crippen molar-refractivity contribution in [2.75, 3.05) is 12.9 Å². The van der Waals surface area contributed by atoms with Gasteiger partial charge in [0.25, 0.3) is 10.0 Å². The minimum atomic E-state index is -3.65. The average Bonchev–Trinajstić information content (AvgIpc) is 2.88. The van der Waals surface area contributed by atoms with Gasteiger partial charge in [0, 0.05) is 19.1 Å². The molecule has 0 aliphatic heterocycles. The quantitative estimate of drug-likeness (QED) is 0.433. The van der Waals surface area contributed by atoms with E-state index in [0.717, 1.165) is 6.21 Å². The molecule has 0 aliphatic carbocycles. The van der Waals surface area contributed by atoms with Crippen molar-refractivity contribution in [2.45, 2.75) is 18.9 Å². The number of carbonyl (C=O) groups is 1. The van der Waals surface area contributed by atoms with E-state index in [9.17, 15) is 13.2 Å². The highest BCUT2D eigenvalue weighted by molar-refractivity contribution is 7.90. The highest BCUT2D eigenvalue weighted by Gasteiger charge is 2.13. The molecule has 0 fully saturated rings. The van der Waals surface area contributed by atoms with Gasteiger partial charge in [-0.2, -0.15) is 9.61 Å². The number of hydrogen-bond acceptors (Lipinski definition) is 8. The monoisotopic (exact) mass is 290 g/mol. The Balaban J connectivity index is 2.43. The van der Waals surface area contributed by atoms with Crippen molar-refractivity contribution in [3.05, 3.63) is 5.82 Å². The number of H-pyrrole nitrogens is 1. The molecule has 1 aromatic heterocycles. The molecule has 0 radical (unpaired) electrons. The maximum atomic E-state index is 11.5. The summed E-state index contributed by atoms with van der Waals surface area (Å²) in [6.07, 6.45) is 1.15. The maximum absolute atomic E-state index is 11.5. The second kappa shape index (κ2) is 6.89. The number of carbonyl (C=O) groups excluding carboxylic acids is 1. The summed E-state index contributed by atoms with van der Waals surface area (Å²) < 4.78 is 30.8. The summed E-state index contributed by atoms with van der Waals surface area (Å²) in [6, 6.07) is -0.929. The van der Waals surface area contributed by atoms with Gasteiger partial charge in [-0.1, -0.05) is 5.21 Å². The van der Waals surface area contributed by atoms with Crippen LogP contribution >= 0.6 is 0 Å². The second-order valence-corrected chi connectivity index (χ2v) is 5.30. The molecule has 1 aromatic rings. The third kappa shape index (κ3) is 5.52. The van der Waals surface area contributed by atoms with Crippen LogP contribution in [-0.4, -0.2) is 60.1 Å². The molecule has 0 spiro atoms. The normalized spacial score (nSPS) is 13.6. The zero-order valence-electron chi connectivity index (χ0n) is 10.2. The number of nitrogens with one attached hydrogen (secondary N) is 1. The predicted molar refractivity (Wildman–Crippen MR) is 64.8 cm³/mol. The van der Waals surface area contributed by atoms with Crippen LogP contribution in [0.5, 0.6) is 0 Å². The summed E-state index contributed by atoms with van der Waals surface area (Å²) in [5.41, 5.74) is 5.42. The molecule has 1 heterocycles. The van der Waals surface area contributed by atoms with Crippen LogP contribution in [0.4, 0.5) is 0 Å². The van der Waals surface area contributed by atoms with Crippen LogP contribution in [0.1, 0.15) is 12.2 Å². The van der Waals surface area contributed by atoms with Crippen LogP contribution in [-0.2, 0) is 26.0 Å². The molecule has 0 aliphatic rings. The zero-order valence-corrected chi connectivity index (χ0v) is 11.0. The van der Waals surface area contributed by atoms with Gasteiger partial charge in [-0.15, -0.1) is 10.2 Å². The van der Waals surface area contributed by atoms with E-state index in [1.807, 2.05) is 0 Å². The van der Waals surface area contributed by atoms with Gasteiger partial charge in [0.15, 0.2) is 5.82 Å². The number of methoxy groups -OCH3 is 1. The Kier molecular flexibility index (Phi) is 5.51. The van der Waals surface area contributed by atoms with Crippen LogP contribution in [0.3, 0.4) is 0 Å². The fourth-order valence-electron chi connectivity index (χ4n) is 1.08. The Morgan fingerprint density at radius 1 is 1.63 bits per heavy atom. The molecule has 1 atom stereocenters. The van der Waals surface area contributed by atoms with E-state index in [2.05, 4.69) is 29.8 Å². The van der Waals surface area contributed by atoms with Gasteiger partial charge < -0.3 is 10.5 Å². The van der Waals surface area contributed by atoms with Gasteiger partial charge in [0.1, 0.15) is 6.04 Å². The van der Waals surface area contributed by atoms with Crippen LogP contribution in [0, 0.1) is 0 Å². The third-order valence-electron chi connectivity index (χ3n) is 2.07. The number of aromatic amines is 1. The Hall–Kier alpha value is -1.88. The van der Waals surface area contributed by atoms with Crippen molar-refractivity contribution >= 4 is 22.2 Å². The molecular formula is C8H14N6O4S. The Morgan fingerprint density at radius 2 is 2.37 bits per heavy atom. The van der Waals surface area contributed by atoms with E-state index in [1.54, 1.807) is 0 Å². The fraction of sp³-hybridized carbons (Fsp3) is 0.625. The molecule has 0 unspecified atom stereocenters. The summed E-state index contributed by atoms with van der Waals surface area (Å²) in [5, 5.41) is 12.7. The molecule has 0 bridgehead atoms. The number of nitrogens with two attached hydrogens (primary N) is 1. The van der Waals surface area contributed by atoms with E-state index in [0.29, 0.717) is 0 Å². The Bertz CT molecular complexity index is 525. The number of ether oxygens (including phenoxy) is 1. The summed E-state index contributed by atoms with van der Waals surface area (Å²) >= 11 is 0. The minimum Gasteiger partial charge on any atom is -0.468 e. The first-order valence-corrected chi connectivity index (χ1v) is 6.87. The van der Waals surface area contributed by atoms with Crippen molar-refractivity contribution in [2.24, 2.45) is 10.1 Å². The summed E-state index contributed by atoms with van der Waals surface area (Å²) in [7, 11) is -2.45. The summed E-state index contributed by atoms with van der Waals surface area (Å²) in [4.78, 5) is 11.0. The largest absolute Gasteiger partial charge is 0.468 e. The first kappa shape index (κ1) is 15.2. The standard InChI is InChI=1S/C8H14N6O4S/c1-18-8(15)6(9)2-4-10-19(16,17)5-3-7-11-13-14-12-7/h4,6H,2-3,5,9H2,1H3,(H,11,12,13,14)/t6-/m0/s1. The first-order chi connectivity index (χ1) is 8.94. The van der Waals surface area contributed by atoms with Crippen LogP contribution < -0.4 is 5.73 Å². The number of rotatable bonds is 7. The number of sulfonamides is 1. The van der Waals surface area contributed by atoms with Crippen molar-refractivity contribution in [3.63, 3.8) is 0 Å². The summed E-state index contributed by atoms with van der Waals surface area (Å²) in [6.45, 7) is 0. The predicted octanol–water partition coefficient (Wildman–Crippen LogP) is -1.97. The lowest BCUT2D eigenvalue weighted by Crippen LogP contribution is -2.31. The van der Waals surface area contributed by atoms with E-state index < -0.39 is 22.0 Å². The lowest BCUT2D eigenvalue weighted by Gasteiger charge is -2.04. The number of hydrogen-bond donors (Lipinski definition) is 2. The van der Waals surface area contributed by atoms with Gasteiger partial charge in [-0.3, -0.25) is 4.79 Å². The van der Waals surface area contributed by atoms with Crippen molar-refractivity contribution in [3.8, 4) is 0 Å².